The summed E-state index contributed by atoms with van der Waals surface area (Å²) in [5, 5.41) is 1.32. The Hall–Kier alpha value is -6.62. The van der Waals surface area contributed by atoms with Crippen molar-refractivity contribution in [1.82, 2.24) is 0 Å². The van der Waals surface area contributed by atoms with Crippen molar-refractivity contribution in [1.29, 1.82) is 0 Å². The number of anilines is 9. The van der Waals surface area contributed by atoms with Crippen molar-refractivity contribution in [2.75, 3.05) is 14.7 Å². The number of thiophene rings is 1. The molecule has 0 saturated heterocycles. The number of hydrogen-bond donors (Lipinski definition) is 0. The van der Waals surface area contributed by atoms with E-state index in [-0.39, 0.29) is 23.0 Å². The van der Waals surface area contributed by atoms with Gasteiger partial charge in [-0.15, -0.1) is 49.6 Å². The van der Waals surface area contributed by atoms with E-state index in [1.807, 2.05) is 11.3 Å². The van der Waals surface area contributed by atoms with Gasteiger partial charge in [0.2, 0.25) is 0 Å². The van der Waals surface area contributed by atoms with Gasteiger partial charge in [-0.05, 0) is 134 Å². The largest absolute Gasteiger partial charge is 0.312 e. The fraction of sp³-hybridized carbons (Fsp3) is 0.176. The molecule has 3 aliphatic rings. The molecule has 0 spiro atoms. The Morgan fingerprint density at radius 1 is 0.455 bits per heavy atom. The number of fused-ring (bicyclic) bond motifs is 7. The Morgan fingerprint density at radius 2 is 0.977 bits per heavy atom. The molecule has 0 radical (unpaired) electrons. The van der Waals surface area contributed by atoms with Crippen LogP contribution in [0.5, 0.6) is 0 Å². The van der Waals surface area contributed by atoms with E-state index >= 15 is 0 Å². The minimum atomic E-state index is -0.0882. The molecule has 0 bridgehead atoms. The van der Waals surface area contributed by atoms with Crippen LogP contribution in [0.15, 0.2) is 121 Å². The van der Waals surface area contributed by atoms with E-state index in [0.717, 1.165) is 24.2 Å². The van der Waals surface area contributed by atoms with Crippen molar-refractivity contribution >= 4 is 295 Å². The molecule has 0 amide bonds. The summed E-state index contributed by atoms with van der Waals surface area (Å²) in [4.78, 5) is 8.10. The SMILES string of the molecule is Bc1c(B)c(B)c(-c2ccc3c(c2)N(c2ccccc2-c2c(B)c(B)c(B)c(B)c2B)c2cc(N(c4ccccc4)c4c(B)c(B)c(B)c(B)c4B)cc4c2B3c2sc3ccc(C(C)(C)C)cc3c2N4c2ccc3c(c2)C(C)(C)CCC3(C)C)c(B)c1B. The maximum atomic E-state index is 2.75. The Morgan fingerprint density at radius 3 is 1.57 bits per heavy atom. The fourth-order valence-electron chi connectivity index (χ4n) is 16.0. The molecular formula is C68H75B16N3S. The van der Waals surface area contributed by atoms with E-state index in [9.17, 15) is 0 Å². The first kappa shape index (κ1) is 60.3. The predicted molar refractivity (Wildman–Crippen MR) is 438 cm³/mol. The van der Waals surface area contributed by atoms with Crippen LogP contribution in [0.4, 0.5) is 51.2 Å². The van der Waals surface area contributed by atoms with E-state index in [0.29, 0.717) is 0 Å². The van der Waals surface area contributed by atoms with Gasteiger partial charge in [-0.25, -0.2) is 0 Å². The van der Waals surface area contributed by atoms with E-state index in [1.165, 1.54) is 186 Å². The number of nitrogens with zero attached hydrogens (tertiary/aromatic N) is 3. The van der Waals surface area contributed by atoms with Crippen LogP contribution < -0.4 is 112 Å². The number of benzene rings is 9. The maximum Gasteiger partial charge on any atom is 0.264 e. The van der Waals surface area contributed by atoms with Crippen molar-refractivity contribution in [2.45, 2.75) is 77.6 Å². The van der Waals surface area contributed by atoms with Crippen molar-refractivity contribution in [3.63, 3.8) is 0 Å². The van der Waals surface area contributed by atoms with Gasteiger partial charge < -0.3 is 14.7 Å². The summed E-state index contributed by atoms with van der Waals surface area (Å²) < 4.78 is 2.71. The van der Waals surface area contributed by atoms with Gasteiger partial charge in [-0.1, -0.05) is 153 Å². The van der Waals surface area contributed by atoms with Gasteiger partial charge in [0.1, 0.15) is 118 Å². The lowest BCUT2D eigenvalue weighted by atomic mass is 9.36. The molecule has 13 rings (SSSR count). The molecule has 0 atom stereocenters. The zero-order valence-corrected chi connectivity index (χ0v) is 57.6. The van der Waals surface area contributed by atoms with Gasteiger partial charge in [-0.2, -0.15) is 0 Å². The van der Waals surface area contributed by atoms with Crippen molar-refractivity contribution in [3.8, 4) is 22.3 Å². The summed E-state index contributed by atoms with van der Waals surface area (Å²) in [5.41, 5.74) is 43.2. The second kappa shape index (κ2) is 21.3. The minimum absolute atomic E-state index is 0.00885. The first-order valence-corrected chi connectivity index (χ1v) is 33.2. The third-order valence-corrected chi connectivity index (χ3v) is 24.0. The molecule has 9 aromatic carbocycles. The second-order valence-electron chi connectivity index (χ2n) is 29.2. The normalized spacial score (nSPS) is 14.6. The number of rotatable bonds is 7. The zero-order valence-electron chi connectivity index (χ0n) is 56.8. The number of hydrogen-bond acceptors (Lipinski definition) is 4. The highest BCUT2D eigenvalue weighted by Crippen LogP contribution is 2.54. The van der Waals surface area contributed by atoms with Gasteiger partial charge in [0.15, 0.2) is 0 Å². The standard InChI is InChI=1S/C68H75B16N3S/c1-66(2,3)31-18-22-44-36(26-31)63-65(88-44)84-39-21-17-30(45-47(69)51(73)55(77)52(74)48(45)70)25-41(39)87(40-16-12-11-15-35(40)46-49(71)53(75)56(78)54(76)50(46)72)43-29-34(85(32-13-9-8-10-14-32)64-60(82)58(80)57(79)59(81)61(64)83)28-42(62(43)84)86(63)33-19-20-37-38(27-33)68(6,7)24-23-67(37,4)5/h8-22,25-29H,23-24,69-83H2,1-7H3. The molecule has 88 heavy (non-hydrogen) atoms. The molecule has 1 aliphatic carbocycles. The smallest absolute Gasteiger partial charge is 0.264 e. The highest BCUT2D eigenvalue weighted by Gasteiger charge is 2.48. The topological polar surface area (TPSA) is 9.72 Å². The summed E-state index contributed by atoms with van der Waals surface area (Å²) >= 11 is 2.01. The van der Waals surface area contributed by atoms with Crippen LogP contribution in [-0.2, 0) is 16.2 Å². The molecule has 0 N–H and O–H groups in total. The maximum absolute atomic E-state index is 2.75. The summed E-state index contributed by atoms with van der Waals surface area (Å²) in [6.07, 6.45) is 2.30. The second-order valence-corrected chi connectivity index (χ2v) is 30.3. The lowest BCUT2D eigenvalue weighted by Crippen LogP contribution is -2.60. The molecule has 20 heteroatoms. The van der Waals surface area contributed by atoms with E-state index < -0.39 is 0 Å². The summed E-state index contributed by atoms with van der Waals surface area (Å²) in [6.45, 7) is 16.9. The first-order chi connectivity index (χ1) is 41.5. The van der Waals surface area contributed by atoms with Crippen LogP contribution in [0.1, 0.15) is 78.0 Å². The molecule has 416 valence electrons. The molecule has 1 aromatic heterocycles. The lowest BCUT2D eigenvalue weighted by molar-refractivity contribution is 0.332. The highest BCUT2D eigenvalue weighted by molar-refractivity contribution is 7.33. The Kier molecular flexibility index (Phi) is 14.6. The molecule has 3 heterocycles. The Labute approximate surface area is 543 Å². The average Bonchev–Trinajstić information content (AvgIpc) is 1.21. The molecule has 3 nitrogen and oxygen atoms in total. The number of para-hydroxylation sites is 2. The molecule has 2 aliphatic heterocycles. The summed E-state index contributed by atoms with van der Waals surface area (Å²) in [5.74, 6) is 0. The van der Waals surface area contributed by atoms with Crippen molar-refractivity contribution in [3.05, 3.63) is 138 Å². The van der Waals surface area contributed by atoms with Gasteiger partial charge in [0, 0.05) is 54.6 Å². The van der Waals surface area contributed by atoms with E-state index in [4.69, 9.17) is 0 Å². The minimum Gasteiger partial charge on any atom is -0.312 e. The third-order valence-electron chi connectivity index (χ3n) is 22.8. The van der Waals surface area contributed by atoms with Crippen molar-refractivity contribution < 1.29 is 0 Å². The van der Waals surface area contributed by atoms with Crippen LogP contribution >= 0.6 is 11.3 Å². The summed E-state index contributed by atoms with van der Waals surface area (Å²) in [6, 6.07) is 48.4. The fourth-order valence-corrected chi connectivity index (χ4v) is 17.3. The Balaban J connectivity index is 1.25. The lowest BCUT2D eigenvalue weighted by Gasteiger charge is -2.46. The molecule has 0 fully saturated rings. The summed E-state index contributed by atoms with van der Waals surface area (Å²) in [7, 11) is 35.0. The van der Waals surface area contributed by atoms with Crippen LogP contribution in [-0.4, -0.2) is 124 Å². The highest BCUT2D eigenvalue weighted by atomic mass is 32.1. The third kappa shape index (κ3) is 9.03. The molecule has 0 unspecified atom stereocenters. The van der Waals surface area contributed by atoms with Crippen LogP contribution in [0.3, 0.4) is 0 Å². The van der Waals surface area contributed by atoms with E-state index in [2.05, 4.69) is 302 Å². The van der Waals surface area contributed by atoms with Crippen LogP contribution in [0.25, 0.3) is 32.3 Å². The van der Waals surface area contributed by atoms with E-state index in [1.54, 1.807) is 0 Å². The van der Waals surface area contributed by atoms with Gasteiger partial charge >= 0.3 is 0 Å². The van der Waals surface area contributed by atoms with Gasteiger partial charge in [-0.3, -0.25) is 0 Å². The average molecular weight is 1140 g/mol. The first-order valence-electron chi connectivity index (χ1n) is 32.4. The zero-order chi connectivity index (χ0) is 62.9. The molecular weight excluding hydrogens is 1060 g/mol. The monoisotopic (exact) mass is 1140 g/mol. The van der Waals surface area contributed by atoms with Crippen LogP contribution in [0.2, 0.25) is 0 Å². The molecule has 0 saturated carbocycles. The Bertz CT molecular complexity index is 4580. The van der Waals surface area contributed by atoms with Crippen LogP contribution in [0, 0.1) is 0 Å². The quantitative estimate of drug-likeness (QED) is 0.147. The van der Waals surface area contributed by atoms with Gasteiger partial charge in [0.25, 0.3) is 6.71 Å². The van der Waals surface area contributed by atoms with Crippen molar-refractivity contribution in [2.24, 2.45) is 0 Å². The predicted octanol–water partition coefficient (Wildman–Crippen LogP) is -8.69. The van der Waals surface area contributed by atoms with Gasteiger partial charge in [0.05, 0.1) is 17.1 Å². The molecule has 10 aromatic rings.